The fraction of sp³-hybridized carbons (Fsp3) is 0.322. The molecule has 1 atom stereocenters. The largest absolute Gasteiger partial charge is 0.504 e. The van der Waals surface area contributed by atoms with Crippen LogP contribution in [0.4, 0.5) is 0 Å². The van der Waals surface area contributed by atoms with Crippen LogP contribution < -0.4 is 28.4 Å². The van der Waals surface area contributed by atoms with Crippen LogP contribution in [0.1, 0.15) is 41.3 Å². The molecule has 1 unspecified atom stereocenters. The van der Waals surface area contributed by atoms with Crippen molar-refractivity contribution in [2.75, 3.05) is 89.7 Å². The van der Waals surface area contributed by atoms with Crippen molar-refractivity contribution in [2.45, 2.75) is 39.2 Å². The van der Waals surface area contributed by atoms with E-state index in [0.717, 1.165) is 89.5 Å². The fourth-order valence-corrected chi connectivity index (χ4v) is 10.5. The van der Waals surface area contributed by atoms with Crippen LogP contribution in [-0.2, 0) is 25.7 Å². The van der Waals surface area contributed by atoms with E-state index in [4.69, 9.17) is 28.4 Å². The summed E-state index contributed by atoms with van der Waals surface area (Å²) in [6.07, 6.45) is 3.74. The predicted octanol–water partition coefficient (Wildman–Crippen LogP) is 11.3. The Balaban J connectivity index is 0.000000130. The van der Waals surface area contributed by atoms with Gasteiger partial charge in [0.25, 0.3) is 0 Å². The number of benzene rings is 8. The molecule has 3 heterocycles. The number of fused-ring (bicyclic) bond motifs is 12. The second-order valence-electron chi connectivity index (χ2n) is 19.8. The van der Waals surface area contributed by atoms with E-state index in [0.29, 0.717) is 25.1 Å². The first-order valence-corrected chi connectivity index (χ1v) is 23.8. The fourth-order valence-electron chi connectivity index (χ4n) is 10.5. The molecule has 11 nitrogen and oxygen atoms in total. The van der Waals surface area contributed by atoms with Gasteiger partial charge in [-0.1, -0.05) is 80.2 Å². The van der Waals surface area contributed by atoms with E-state index in [9.17, 15) is 10.2 Å². The summed E-state index contributed by atoms with van der Waals surface area (Å²) in [5.74, 6) is 4.75. The first-order valence-electron chi connectivity index (χ1n) is 23.8. The average Bonchev–Trinajstić information content (AvgIpc) is 4.03. The third kappa shape index (κ3) is 8.94. The quantitative estimate of drug-likeness (QED) is 0.113. The third-order valence-electron chi connectivity index (χ3n) is 14.1. The minimum absolute atomic E-state index is 0. The molecule has 11 heteroatoms. The lowest BCUT2D eigenvalue weighted by molar-refractivity contribution is -0.870. The van der Waals surface area contributed by atoms with Gasteiger partial charge in [0.05, 0.1) is 41.9 Å². The van der Waals surface area contributed by atoms with E-state index >= 15 is 0 Å². The van der Waals surface area contributed by atoms with Crippen molar-refractivity contribution in [3.8, 4) is 57.1 Å². The Morgan fingerprint density at radius 2 is 1.24 bits per heavy atom. The maximum Gasteiger partial charge on any atom is 0.231 e. The summed E-state index contributed by atoms with van der Waals surface area (Å²) in [5, 5.41) is 30.5. The zero-order valence-corrected chi connectivity index (χ0v) is 40.9. The average molecular weight is 945 g/mol. The normalized spacial score (nSPS) is 15.2. The number of aromatic hydroxyl groups is 2. The van der Waals surface area contributed by atoms with Crippen LogP contribution in [0.2, 0.25) is 0 Å². The van der Waals surface area contributed by atoms with Gasteiger partial charge in [-0.15, -0.1) is 0 Å². The molecule has 1 aliphatic carbocycles. The van der Waals surface area contributed by atoms with Gasteiger partial charge in [-0.25, -0.2) is 0 Å². The monoisotopic (exact) mass is 944 g/mol. The summed E-state index contributed by atoms with van der Waals surface area (Å²) in [5.41, 5.74) is 7.96. The van der Waals surface area contributed by atoms with Gasteiger partial charge in [-0.05, 0) is 136 Å². The summed E-state index contributed by atoms with van der Waals surface area (Å²) in [7, 11) is 16.1. The molecule has 364 valence electrons. The van der Waals surface area contributed by atoms with E-state index in [1.54, 1.807) is 13.2 Å². The van der Waals surface area contributed by atoms with Gasteiger partial charge in [0.2, 0.25) is 13.6 Å². The Kier molecular flexibility index (Phi) is 13.4. The van der Waals surface area contributed by atoms with E-state index in [2.05, 4.69) is 137 Å². The Labute approximate surface area is 411 Å². The van der Waals surface area contributed by atoms with Crippen LogP contribution >= 0.6 is 0 Å². The lowest BCUT2D eigenvalue weighted by Crippen LogP contribution is -2.36. The Bertz CT molecular complexity index is 3270. The van der Waals surface area contributed by atoms with Crippen molar-refractivity contribution in [3.05, 3.63) is 131 Å². The molecule has 70 heavy (non-hydrogen) atoms. The highest BCUT2D eigenvalue weighted by atomic mass is 16.7. The van der Waals surface area contributed by atoms with Gasteiger partial charge < -0.3 is 48.0 Å². The lowest BCUT2D eigenvalue weighted by atomic mass is 9.76. The molecule has 0 fully saturated rings. The van der Waals surface area contributed by atoms with Crippen molar-refractivity contribution in [1.82, 2.24) is 9.80 Å². The van der Waals surface area contributed by atoms with Crippen LogP contribution in [0.5, 0.6) is 46.0 Å². The molecule has 12 rings (SSSR count). The molecule has 0 radical (unpaired) electrons. The highest BCUT2D eigenvalue weighted by molar-refractivity contribution is 6.14. The molecule has 0 saturated carbocycles. The van der Waals surface area contributed by atoms with E-state index in [-0.39, 0.29) is 25.0 Å². The first-order chi connectivity index (χ1) is 33.3. The molecule has 3 aliphatic heterocycles. The molecule has 0 bridgehead atoms. The smallest absolute Gasteiger partial charge is 0.231 e. The Morgan fingerprint density at radius 1 is 0.671 bits per heavy atom. The zero-order valence-electron chi connectivity index (χ0n) is 40.9. The van der Waals surface area contributed by atoms with Gasteiger partial charge in [0.1, 0.15) is 0 Å². The van der Waals surface area contributed by atoms with Gasteiger partial charge in [0, 0.05) is 41.9 Å². The molecule has 2 N–H and O–H groups in total. The predicted molar refractivity (Wildman–Crippen MR) is 282 cm³/mol. The van der Waals surface area contributed by atoms with Crippen molar-refractivity contribution in [2.24, 2.45) is 0 Å². The van der Waals surface area contributed by atoms with E-state index < -0.39 is 0 Å². The highest BCUT2D eigenvalue weighted by Crippen LogP contribution is 2.54. The number of hydrogen-bond acceptors (Lipinski definition) is 10. The molecule has 4 aliphatic rings. The van der Waals surface area contributed by atoms with Gasteiger partial charge in [0.15, 0.2) is 46.0 Å². The standard InChI is InChI=1S/C20H22NO2.C19H21NO4.C19H19NO2.CH4/c1-21(2,3)11-10-15-12-18-20(23-13-22-18)19-16-7-5-4-6-14(16)8-9-17(15)19;1-20-5-4-10-7-15(22)19(24-3)18-12-9-16(23-2)14(21)8-11(12)6-13(20)17(10)18;1-20(2)10-9-14-11-17-19(22-12-21-17)18-15-6-4-3-5-13(15)7-8-16(14)18;/h4-9,12H,10-11,13H2,1-3H3;7-9,13,21-22H,4-6H2,1-3H3;3-8,11H,9-10,12H2,1-2H3;1H4/q+1;;;. The Morgan fingerprint density at radius 3 is 1.80 bits per heavy atom. The molecular weight excluding hydrogens is 879 g/mol. The van der Waals surface area contributed by atoms with Crippen molar-refractivity contribution in [1.29, 1.82) is 0 Å². The van der Waals surface area contributed by atoms with E-state index in [1.807, 2.05) is 12.1 Å². The number of likely N-dealkylation sites (N-methyl/N-ethyl adjacent to an activating group) is 3. The second-order valence-corrected chi connectivity index (χ2v) is 19.8. The number of hydrogen-bond donors (Lipinski definition) is 2. The number of nitrogens with zero attached hydrogens (tertiary/aromatic N) is 3. The van der Waals surface area contributed by atoms with E-state index in [1.165, 1.54) is 72.5 Å². The summed E-state index contributed by atoms with van der Waals surface area (Å²) in [6.45, 7) is 3.67. The minimum atomic E-state index is 0. The molecule has 0 aromatic heterocycles. The van der Waals surface area contributed by atoms with Crippen LogP contribution in [0.3, 0.4) is 0 Å². The van der Waals surface area contributed by atoms with Crippen molar-refractivity contribution < 1.29 is 43.1 Å². The van der Waals surface area contributed by atoms with Crippen LogP contribution in [0.25, 0.3) is 54.2 Å². The van der Waals surface area contributed by atoms with Crippen molar-refractivity contribution >= 4 is 43.1 Å². The summed E-state index contributed by atoms with van der Waals surface area (Å²) in [4.78, 5) is 4.53. The number of methoxy groups -OCH3 is 2. The van der Waals surface area contributed by atoms with Crippen molar-refractivity contribution in [3.63, 3.8) is 0 Å². The minimum Gasteiger partial charge on any atom is -0.504 e. The maximum absolute atomic E-state index is 10.4. The number of quaternary nitrogens is 1. The lowest BCUT2D eigenvalue weighted by Gasteiger charge is -2.40. The zero-order chi connectivity index (χ0) is 48.1. The first kappa shape index (κ1) is 48.1. The van der Waals surface area contributed by atoms with Gasteiger partial charge >= 0.3 is 0 Å². The molecule has 8 aromatic carbocycles. The summed E-state index contributed by atoms with van der Waals surface area (Å²) >= 11 is 0. The maximum atomic E-state index is 10.4. The number of phenolic OH excluding ortho intramolecular Hbond substituents is 2. The number of rotatable bonds is 8. The molecule has 0 amide bonds. The summed E-state index contributed by atoms with van der Waals surface area (Å²) in [6, 6.07) is 35.7. The van der Waals surface area contributed by atoms with Crippen LogP contribution in [0, 0.1) is 0 Å². The van der Waals surface area contributed by atoms with Crippen LogP contribution in [0.15, 0.2) is 103 Å². The third-order valence-corrected chi connectivity index (χ3v) is 14.1. The second kappa shape index (κ2) is 19.5. The summed E-state index contributed by atoms with van der Waals surface area (Å²) < 4.78 is 34.7. The molecule has 0 saturated heterocycles. The van der Waals surface area contributed by atoms with Crippen LogP contribution in [-0.4, -0.2) is 114 Å². The molecule has 8 aromatic rings. The van der Waals surface area contributed by atoms with Gasteiger partial charge in [-0.3, -0.25) is 4.90 Å². The molecular formula is C59H66N3O8+. The Hall–Kier alpha value is -6.92. The molecule has 0 spiro atoms. The highest BCUT2D eigenvalue weighted by Gasteiger charge is 2.37. The number of phenols is 2. The SMILES string of the molecule is C.CN(C)CCc1cc2c(c3c1ccc1ccccc13)OCO2.COc1cc2c(cc1O)CC1c3c(cc(O)c(OC)c3-2)CCN1C.C[N+](C)(C)CCc1cc2c(c3c1ccc1ccccc13)OCO2. The number of ether oxygens (including phenoxy) is 6. The topological polar surface area (TPSA) is 102 Å². The van der Waals surface area contributed by atoms with Gasteiger partial charge in [-0.2, -0.15) is 0 Å².